The van der Waals surface area contributed by atoms with Crippen molar-refractivity contribution in [3.8, 4) is 0 Å². The van der Waals surface area contributed by atoms with Crippen LogP contribution in [0.1, 0.15) is 36.7 Å². The van der Waals surface area contributed by atoms with Gasteiger partial charge in [0.15, 0.2) is 24.3 Å². The molecule has 0 aliphatic carbocycles. The highest BCUT2D eigenvalue weighted by Gasteiger charge is 2.63. The number of fused-ring (bicyclic) bond motifs is 1. The van der Waals surface area contributed by atoms with Gasteiger partial charge in [-0.05, 0) is 44.0 Å². The lowest BCUT2D eigenvalue weighted by Crippen LogP contribution is -2.67. The van der Waals surface area contributed by atoms with Gasteiger partial charge in [-0.15, -0.1) is 0 Å². The van der Waals surface area contributed by atoms with Crippen LogP contribution in [0.3, 0.4) is 0 Å². The fourth-order valence-electron chi connectivity index (χ4n) is 4.01. The number of hydrogen-bond acceptors (Lipinski definition) is 6. The van der Waals surface area contributed by atoms with Gasteiger partial charge in [0, 0.05) is 5.56 Å². The van der Waals surface area contributed by atoms with Crippen molar-refractivity contribution in [2.75, 3.05) is 0 Å². The largest absolute Gasteiger partial charge is 0.456 e. The van der Waals surface area contributed by atoms with Gasteiger partial charge in [-0.2, -0.15) is 0 Å². The Morgan fingerprint density at radius 1 is 0.939 bits per heavy atom. The van der Waals surface area contributed by atoms with E-state index < -0.39 is 42.1 Å². The maximum Gasteiger partial charge on any atom is 0.355 e. The van der Waals surface area contributed by atoms with Crippen LogP contribution >= 0.6 is 0 Å². The fraction of sp³-hybridized carbons (Fsp3) is 0.280. The Kier molecular flexibility index (Phi) is 6.11. The highest BCUT2D eigenvalue weighted by Crippen LogP contribution is 2.40. The maximum atomic E-state index is 13.2. The van der Waals surface area contributed by atoms with Crippen LogP contribution in [0.4, 0.5) is 0 Å². The summed E-state index contributed by atoms with van der Waals surface area (Å²) >= 11 is 0. The smallest absolute Gasteiger partial charge is 0.355 e. The van der Waals surface area contributed by atoms with Crippen molar-refractivity contribution in [1.29, 1.82) is 0 Å². The zero-order valence-electron chi connectivity index (χ0n) is 18.6. The minimum absolute atomic E-state index is 0.0438. The fourth-order valence-corrected chi connectivity index (χ4v) is 4.01. The normalized spacial score (nSPS) is 21.2. The Hall–Kier alpha value is -3.78. The van der Waals surface area contributed by atoms with Crippen LogP contribution in [0, 0.1) is 0 Å². The summed E-state index contributed by atoms with van der Waals surface area (Å²) in [5.74, 6) is -2.07. The molecular weight excluding hydrogens is 424 g/mol. The van der Waals surface area contributed by atoms with E-state index in [1.165, 1.54) is 16.7 Å². The number of Topliss-reactive ketones (excluding diaryl/α,β-unsaturated/α-hetero) is 1. The number of carbonyl (C=O) groups excluding carboxylic acids is 4. The summed E-state index contributed by atoms with van der Waals surface area (Å²) < 4.78 is 11.3. The Bertz CT molecular complexity index is 1120. The molecule has 2 aromatic carbocycles. The molecule has 170 valence electrons. The third-order valence-corrected chi connectivity index (χ3v) is 5.56. The van der Waals surface area contributed by atoms with Crippen LogP contribution in [0.2, 0.25) is 0 Å². The van der Waals surface area contributed by atoms with Gasteiger partial charge in [0.1, 0.15) is 12.3 Å². The molecule has 3 unspecified atom stereocenters. The van der Waals surface area contributed by atoms with Crippen LogP contribution in [0.15, 0.2) is 71.9 Å². The van der Waals surface area contributed by atoms with Gasteiger partial charge in [-0.3, -0.25) is 24.2 Å². The van der Waals surface area contributed by atoms with Gasteiger partial charge in [-0.25, -0.2) is 4.79 Å². The minimum atomic E-state index is -1.22. The lowest BCUT2D eigenvalue weighted by Gasteiger charge is -2.43. The third kappa shape index (κ3) is 4.05. The summed E-state index contributed by atoms with van der Waals surface area (Å²) in [5.41, 5.74) is 1.74. The summed E-state index contributed by atoms with van der Waals surface area (Å²) in [7, 11) is 0. The van der Waals surface area contributed by atoms with Crippen molar-refractivity contribution in [2.45, 2.75) is 45.9 Å². The summed E-state index contributed by atoms with van der Waals surface area (Å²) in [4.78, 5) is 53.8. The van der Waals surface area contributed by atoms with Crippen LogP contribution in [0.25, 0.3) is 0 Å². The quantitative estimate of drug-likeness (QED) is 0.383. The molecule has 0 N–H and O–H groups in total. The molecule has 0 radical (unpaired) electrons. The van der Waals surface area contributed by atoms with Crippen molar-refractivity contribution in [2.24, 2.45) is 0 Å². The molecule has 2 saturated heterocycles. The monoisotopic (exact) mass is 448 g/mol. The number of ketones is 1. The first-order valence-electron chi connectivity index (χ1n) is 10.6. The number of β-lactam (4-membered cyclic amide) rings is 1. The number of ether oxygens (including phenoxy) is 2. The Balaban J connectivity index is 1.57. The zero-order valence-corrected chi connectivity index (χ0v) is 18.6. The van der Waals surface area contributed by atoms with E-state index in [0.29, 0.717) is 11.1 Å². The average Bonchev–Trinajstić information content (AvgIpc) is 3.17. The van der Waals surface area contributed by atoms with E-state index in [2.05, 4.69) is 0 Å². The van der Waals surface area contributed by atoms with Crippen molar-refractivity contribution in [3.05, 3.63) is 83.1 Å². The molecule has 0 aromatic heterocycles. The Morgan fingerprint density at radius 3 is 2.12 bits per heavy atom. The maximum absolute atomic E-state index is 13.2. The molecule has 8 heteroatoms. The number of nitrogens with zero attached hydrogens (tertiary/aromatic N) is 2. The molecule has 0 spiro atoms. The Morgan fingerprint density at radius 2 is 1.55 bits per heavy atom. The molecule has 0 saturated carbocycles. The second-order valence-corrected chi connectivity index (χ2v) is 8.13. The molecule has 2 aliphatic rings. The Labute approximate surface area is 191 Å². The molecule has 2 aromatic rings. The first kappa shape index (κ1) is 22.4. The van der Waals surface area contributed by atoms with E-state index >= 15 is 0 Å². The SMILES string of the molecule is CC(=O)C1OC2C(C(=O)N2C(C(=O)OCc2ccccc2)=C(C)C)N1C(=O)c1ccccc1. The minimum Gasteiger partial charge on any atom is -0.456 e. The number of benzene rings is 2. The van der Waals surface area contributed by atoms with Gasteiger partial charge in [0.05, 0.1) is 0 Å². The molecule has 2 aliphatic heterocycles. The van der Waals surface area contributed by atoms with Crippen LogP contribution in [-0.2, 0) is 30.5 Å². The molecule has 33 heavy (non-hydrogen) atoms. The number of carbonyl (C=O) groups is 4. The highest BCUT2D eigenvalue weighted by molar-refractivity contribution is 6.06. The van der Waals surface area contributed by atoms with Gasteiger partial charge in [0.25, 0.3) is 11.8 Å². The lowest BCUT2D eigenvalue weighted by atomic mass is 10.00. The van der Waals surface area contributed by atoms with Crippen LogP contribution in [0.5, 0.6) is 0 Å². The molecule has 2 heterocycles. The number of esters is 1. The molecule has 2 amide bonds. The standard InChI is InChI=1S/C25H24N2O6/c1-15(2)19(25(31)32-14-17-10-6-4-7-11-17)26-22(30)20-24(26)33-23(16(3)28)27(20)21(29)18-12-8-5-9-13-18/h4-13,20,23-24H,14H2,1-3H3. The summed E-state index contributed by atoms with van der Waals surface area (Å²) in [6.45, 7) is 4.71. The number of rotatable bonds is 6. The third-order valence-electron chi connectivity index (χ3n) is 5.56. The average molecular weight is 448 g/mol. The lowest BCUT2D eigenvalue weighted by molar-refractivity contribution is -0.170. The summed E-state index contributed by atoms with van der Waals surface area (Å²) in [5, 5.41) is 0. The van der Waals surface area contributed by atoms with Crippen molar-refractivity contribution < 1.29 is 28.7 Å². The summed E-state index contributed by atoms with van der Waals surface area (Å²) in [6, 6.07) is 16.6. The highest BCUT2D eigenvalue weighted by atomic mass is 16.6. The van der Waals surface area contributed by atoms with Gasteiger partial charge < -0.3 is 9.47 Å². The second-order valence-electron chi connectivity index (χ2n) is 8.13. The molecular formula is C25H24N2O6. The number of amides is 2. The molecule has 2 fully saturated rings. The van der Waals surface area contributed by atoms with Gasteiger partial charge >= 0.3 is 5.97 Å². The molecule has 0 bridgehead atoms. The van der Waals surface area contributed by atoms with Crippen LogP contribution in [-0.4, -0.2) is 51.9 Å². The second kappa shape index (κ2) is 8.99. The topological polar surface area (TPSA) is 93.2 Å². The van der Waals surface area contributed by atoms with E-state index in [4.69, 9.17) is 9.47 Å². The molecule has 4 rings (SSSR count). The predicted molar refractivity (Wildman–Crippen MR) is 117 cm³/mol. The number of hydrogen-bond donors (Lipinski definition) is 0. The summed E-state index contributed by atoms with van der Waals surface area (Å²) in [6.07, 6.45) is -2.17. The molecule has 8 nitrogen and oxygen atoms in total. The van der Waals surface area contributed by atoms with Crippen molar-refractivity contribution >= 4 is 23.6 Å². The molecule has 3 atom stereocenters. The van der Waals surface area contributed by atoms with Gasteiger partial charge in [0.2, 0.25) is 0 Å². The zero-order chi connectivity index (χ0) is 23.7. The predicted octanol–water partition coefficient (Wildman–Crippen LogP) is 2.65. The number of allylic oxidation sites excluding steroid dienone is 1. The van der Waals surface area contributed by atoms with E-state index in [0.717, 1.165) is 5.56 Å². The van der Waals surface area contributed by atoms with E-state index in [-0.39, 0.29) is 12.3 Å². The van der Waals surface area contributed by atoms with Crippen molar-refractivity contribution in [3.63, 3.8) is 0 Å². The first-order valence-corrected chi connectivity index (χ1v) is 10.6. The van der Waals surface area contributed by atoms with E-state index in [1.807, 2.05) is 30.3 Å². The van der Waals surface area contributed by atoms with Crippen molar-refractivity contribution in [1.82, 2.24) is 9.80 Å². The number of likely N-dealkylation sites (tertiary alicyclic amines) is 1. The van der Waals surface area contributed by atoms with E-state index in [9.17, 15) is 19.2 Å². The first-order chi connectivity index (χ1) is 15.8. The van der Waals surface area contributed by atoms with Gasteiger partial charge in [-0.1, -0.05) is 48.5 Å². The van der Waals surface area contributed by atoms with Crippen LogP contribution < -0.4 is 0 Å². The van der Waals surface area contributed by atoms with E-state index in [1.54, 1.807) is 44.2 Å².